The number of methoxy groups -OCH3 is 1. The predicted octanol–water partition coefficient (Wildman–Crippen LogP) is 1.19. The number of urea groups is 1. The fourth-order valence-corrected chi connectivity index (χ4v) is 1.27. The summed E-state index contributed by atoms with van der Waals surface area (Å²) in [5, 5.41) is 4.96. The van der Waals surface area contributed by atoms with Gasteiger partial charge < -0.3 is 15.4 Å². The predicted molar refractivity (Wildman–Crippen MR) is 63.2 cm³/mol. The molecule has 1 unspecified atom stereocenters. The molecule has 0 aliphatic carbocycles. The Morgan fingerprint density at radius 2 is 1.94 bits per heavy atom. The van der Waals surface area contributed by atoms with Crippen LogP contribution in [0.4, 0.5) is 9.18 Å². The first-order valence-corrected chi connectivity index (χ1v) is 5.39. The maximum Gasteiger partial charge on any atom is 0.328 e. The monoisotopic (exact) mass is 254 g/mol. The summed E-state index contributed by atoms with van der Waals surface area (Å²) in [6.07, 6.45) is 0. The van der Waals surface area contributed by atoms with Crippen molar-refractivity contribution in [3.8, 4) is 0 Å². The normalized spacial score (nSPS) is 11.5. The van der Waals surface area contributed by atoms with Crippen molar-refractivity contribution in [2.75, 3.05) is 7.11 Å². The van der Waals surface area contributed by atoms with E-state index < -0.39 is 18.0 Å². The molecule has 0 saturated carbocycles. The van der Waals surface area contributed by atoms with E-state index in [4.69, 9.17) is 0 Å². The summed E-state index contributed by atoms with van der Waals surface area (Å²) in [5.74, 6) is -0.852. The highest BCUT2D eigenvalue weighted by Gasteiger charge is 2.15. The molecule has 6 heteroatoms. The summed E-state index contributed by atoms with van der Waals surface area (Å²) in [4.78, 5) is 22.5. The minimum atomic E-state index is -0.719. The summed E-state index contributed by atoms with van der Waals surface area (Å²) in [7, 11) is 1.25. The highest BCUT2D eigenvalue weighted by molar-refractivity contribution is 5.83. The van der Waals surface area contributed by atoms with Gasteiger partial charge in [-0.1, -0.05) is 12.1 Å². The molecule has 0 aliphatic heterocycles. The van der Waals surface area contributed by atoms with Gasteiger partial charge in [0.15, 0.2) is 0 Å². The lowest BCUT2D eigenvalue weighted by Crippen LogP contribution is -2.44. The molecule has 2 N–H and O–H groups in total. The molecule has 0 radical (unpaired) electrons. The second-order valence-electron chi connectivity index (χ2n) is 3.70. The molecule has 1 aromatic rings. The highest BCUT2D eigenvalue weighted by Crippen LogP contribution is 2.01. The van der Waals surface area contributed by atoms with Crippen LogP contribution in [-0.4, -0.2) is 25.2 Å². The van der Waals surface area contributed by atoms with Crippen molar-refractivity contribution < 1.29 is 18.7 Å². The zero-order chi connectivity index (χ0) is 13.5. The largest absolute Gasteiger partial charge is 0.467 e. The van der Waals surface area contributed by atoms with Crippen LogP contribution in [0.3, 0.4) is 0 Å². The van der Waals surface area contributed by atoms with Crippen molar-refractivity contribution in [2.45, 2.75) is 19.5 Å². The summed E-state index contributed by atoms with van der Waals surface area (Å²) < 4.78 is 17.1. The number of benzene rings is 1. The first-order valence-electron chi connectivity index (χ1n) is 5.39. The quantitative estimate of drug-likeness (QED) is 0.793. The van der Waals surface area contributed by atoms with E-state index >= 15 is 0 Å². The van der Waals surface area contributed by atoms with Gasteiger partial charge in [0.25, 0.3) is 0 Å². The minimum Gasteiger partial charge on any atom is -0.467 e. The first kappa shape index (κ1) is 14.0. The number of rotatable bonds is 4. The number of halogens is 1. The molecule has 0 aromatic heterocycles. The maximum absolute atomic E-state index is 12.6. The van der Waals surface area contributed by atoms with Gasteiger partial charge in [-0.3, -0.25) is 0 Å². The molecule has 1 rings (SSSR count). The van der Waals surface area contributed by atoms with Gasteiger partial charge in [-0.2, -0.15) is 0 Å². The maximum atomic E-state index is 12.6. The lowest BCUT2D eigenvalue weighted by atomic mass is 10.2. The Balaban J connectivity index is 2.37. The molecule has 0 heterocycles. The van der Waals surface area contributed by atoms with Crippen LogP contribution in [0.2, 0.25) is 0 Å². The molecule has 0 aliphatic rings. The van der Waals surface area contributed by atoms with Gasteiger partial charge in [-0.25, -0.2) is 14.0 Å². The molecule has 18 heavy (non-hydrogen) atoms. The average molecular weight is 254 g/mol. The van der Waals surface area contributed by atoms with Gasteiger partial charge in [0.1, 0.15) is 11.9 Å². The second-order valence-corrected chi connectivity index (χ2v) is 3.70. The SMILES string of the molecule is COC(=O)C(C)NC(=O)NCc1ccc(F)cc1. The van der Waals surface area contributed by atoms with E-state index in [0.29, 0.717) is 0 Å². The minimum absolute atomic E-state index is 0.250. The number of esters is 1. The zero-order valence-electron chi connectivity index (χ0n) is 10.2. The summed E-state index contributed by atoms with van der Waals surface area (Å²) >= 11 is 0. The number of ether oxygens (including phenoxy) is 1. The number of carbonyl (C=O) groups is 2. The van der Waals surface area contributed by atoms with Crippen LogP contribution in [0.25, 0.3) is 0 Å². The molecular formula is C12H15FN2O3. The molecule has 0 spiro atoms. The Morgan fingerprint density at radius 3 is 2.50 bits per heavy atom. The van der Waals surface area contributed by atoms with Crippen LogP contribution in [0.5, 0.6) is 0 Å². The molecule has 1 aromatic carbocycles. The van der Waals surface area contributed by atoms with Crippen molar-refractivity contribution in [2.24, 2.45) is 0 Å². The van der Waals surface area contributed by atoms with Crippen LogP contribution in [0.15, 0.2) is 24.3 Å². The zero-order valence-corrected chi connectivity index (χ0v) is 10.2. The summed E-state index contributed by atoms with van der Waals surface area (Å²) in [6, 6.07) is 4.55. The van der Waals surface area contributed by atoms with Crippen LogP contribution < -0.4 is 10.6 Å². The first-order chi connectivity index (χ1) is 8.52. The number of carbonyl (C=O) groups excluding carboxylic acids is 2. The van der Waals surface area contributed by atoms with Crippen LogP contribution in [-0.2, 0) is 16.1 Å². The molecule has 5 nitrogen and oxygen atoms in total. The van der Waals surface area contributed by atoms with Gasteiger partial charge in [0.2, 0.25) is 0 Å². The molecule has 98 valence electrons. The van der Waals surface area contributed by atoms with E-state index in [-0.39, 0.29) is 12.4 Å². The lowest BCUT2D eigenvalue weighted by molar-refractivity contribution is -0.142. The third kappa shape index (κ3) is 4.40. The Bertz CT molecular complexity index is 420. The lowest BCUT2D eigenvalue weighted by Gasteiger charge is -2.12. The standard InChI is InChI=1S/C12H15FN2O3/c1-8(11(16)18-2)15-12(17)14-7-9-3-5-10(13)6-4-9/h3-6,8H,7H2,1-2H3,(H2,14,15,17). The topological polar surface area (TPSA) is 67.4 Å². The number of nitrogens with one attached hydrogen (secondary N) is 2. The number of hydrogen-bond acceptors (Lipinski definition) is 3. The Kier molecular flexibility index (Phi) is 5.10. The Morgan fingerprint density at radius 1 is 1.33 bits per heavy atom. The smallest absolute Gasteiger partial charge is 0.328 e. The summed E-state index contributed by atoms with van der Waals surface area (Å²) in [5.41, 5.74) is 0.761. The fourth-order valence-electron chi connectivity index (χ4n) is 1.27. The fraction of sp³-hybridized carbons (Fsp3) is 0.333. The molecule has 1 atom stereocenters. The molecule has 2 amide bonds. The molecule has 0 bridgehead atoms. The van der Waals surface area contributed by atoms with Crippen LogP contribution >= 0.6 is 0 Å². The number of hydrogen-bond donors (Lipinski definition) is 2. The third-order valence-corrected chi connectivity index (χ3v) is 2.27. The van der Waals surface area contributed by atoms with Gasteiger partial charge in [0, 0.05) is 6.54 Å². The van der Waals surface area contributed by atoms with Crippen molar-refractivity contribution in [3.05, 3.63) is 35.6 Å². The summed E-state index contributed by atoms with van der Waals surface area (Å²) in [6.45, 7) is 1.77. The van der Waals surface area contributed by atoms with Gasteiger partial charge >= 0.3 is 12.0 Å². The highest BCUT2D eigenvalue weighted by atomic mass is 19.1. The Labute approximate surface area is 104 Å². The van der Waals surface area contributed by atoms with Gasteiger partial charge in [0.05, 0.1) is 7.11 Å². The van der Waals surface area contributed by atoms with Gasteiger partial charge in [-0.05, 0) is 24.6 Å². The van der Waals surface area contributed by atoms with Crippen LogP contribution in [0.1, 0.15) is 12.5 Å². The molecule has 0 saturated heterocycles. The third-order valence-electron chi connectivity index (χ3n) is 2.27. The van der Waals surface area contributed by atoms with Crippen molar-refractivity contribution in [1.82, 2.24) is 10.6 Å². The van der Waals surface area contributed by atoms with Crippen LogP contribution in [0, 0.1) is 5.82 Å². The van der Waals surface area contributed by atoms with Gasteiger partial charge in [-0.15, -0.1) is 0 Å². The van der Waals surface area contributed by atoms with E-state index in [1.54, 1.807) is 12.1 Å². The van der Waals surface area contributed by atoms with E-state index in [1.807, 2.05) is 0 Å². The Hall–Kier alpha value is -2.11. The van der Waals surface area contributed by atoms with E-state index in [1.165, 1.54) is 26.2 Å². The van der Waals surface area contributed by atoms with E-state index in [2.05, 4.69) is 15.4 Å². The molecule has 0 fully saturated rings. The van der Waals surface area contributed by atoms with E-state index in [9.17, 15) is 14.0 Å². The molecular weight excluding hydrogens is 239 g/mol. The average Bonchev–Trinajstić information content (AvgIpc) is 2.37. The van der Waals surface area contributed by atoms with Crippen molar-refractivity contribution in [3.63, 3.8) is 0 Å². The van der Waals surface area contributed by atoms with Crippen molar-refractivity contribution >= 4 is 12.0 Å². The van der Waals surface area contributed by atoms with E-state index in [0.717, 1.165) is 5.56 Å². The number of amides is 2. The van der Waals surface area contributed by atoms with Crippen molar-refractivity contribution in [1.29, 1.82) is 0 Å². The second kappa shape index (κ2) is 6.58.